The Labute approximate surface area is 341 Å². The molecule has 0 spiro atoms. The lowest BCUT2D eigenvalue weighted by Gasteiger charge is -2.27. The maximum absolute atomic E-state index is 15.7. The number of Topliss-reactive ketones (excluding diaryl/α,β-unsaturated/α-hetero) is 1. The predicted octanol–water partition coefficient (Wildman–Crippen LogP) is 3.60. The van der Waals surface area contributed by atoms with E-state index in [-0.39, 0.29) is 71.2 Å². The van der Waals surface area contributed by atoms with Crippen LogP contribution in [0.15, 0.2) is 67.1 Å². The van der Waals surface area contributed by atoms with Crippen LogP contribution in [0, 0.1) is 5.82 Å². The number of hydrogen-bond acceptors (Lipinski definition) is 11. The summed E-state index contributed by atoms with van der Waals surface area (Å²) in [6, 6.07) is 11.1. The molecule has 5 heterocycles. The number of nitrogens with one attached hydrogen (secondary N) is 4. The Balaban J connectivity index is 0.888. The highest BCUT2D eigenvalue weighted by Gasteiger charge is 2.44. The topological polar surface area (TPSA) is 223 Å². The number of fused-ring (bicyclic) bond motifs is 2. The quantitative estimate of drug-likeness (QED) is 0.0550. The molecule has 5 aromatic rings. The van der Waals surface area contributed by atoms with Crippen LogP contribution in [0.5, 0.6) is 5.75 Å². The molecule has 1 atom stereocenters. The summed E-state index contributed by atoms with van der Waals surface area (Å²) in [6.07, 6.45) is 5.87. The van der Waals surface area contributed by atoms with Crippen LogP contribution in [0.3, 0.4) is 0 Å². The number of aryl methyl sites for hydroxylation is 1. The number of amides is 6. The first kappa shape index (κ1) is 41.0. The Kier molecular flexibility index (Phi) is 11.8. The van der Waals surface area contributed by atoms with E-state index in [1.165, 1.54) is 46.5 Å². The van der Waals surface area contributed by atoms with Crippen LogP contribution in [-0.2, 0) is 28.0 Å². The Hall–Kier alpha value is -7.21. The molecular weight excluding hydrogens is 780 g/mol. The molecule has 18 heteroatoms. The Morgan fingerprint density at radius 2 is 1.78 bits per heavy atom. The first-order chi connectivity index (χ1) is 28.8. The van der Waals surface area contributed by atoms with Crippen LogP contribution in [0.1, 0.15) is 86.2 Å². The van der Waals surface area contributed by atoms with Crippen LogP contribution < -0.4 is 26.0 Å². The van der Waals surface area contributed by atoms with Gasteiger partial charge in [-0.1, -0.05) is 0 Å². The lowest BCUT2D eigenvalue weighted by Crippen LogP contribution is -2.54. The zero-order valence-corrected chi connectivity index (χ0v) is 32.7. The summed E-state index contributed by atoms with van der Waals surface area (Å²) in [6.45, 7) is 1.95. The smallest absolute Gasteiger partial charge is 0.262 e. The molecule has 310 valence electrons. The molecule has 1 saturated heterocycles. The summed E-state index contributed by atoms with van der Waals surface area (Å²) in [4.78, 5) is 89.4. The molecule has 7 rings (SSSR count). The number of aromatic nitrogens is 3. The maximum Gasteiger partial charge on any atom is 0.262 e. The molecule has 0 aliphatic carbocycles. The van der Waals surface area contributed by atoms with Gasteiger partial charge in [-0.05, 0) is 67.3 Å². The monoisotopic (exact) mass is 820 g/mol. The van der Waals surface area contributed by atoms with E-state index in [9.17, 15) is 38.7 Å². The zero-order valence-electron chi connectivity index (χ0n) is 32.7. The molecule has 1 fully saturated rings. The van der Waals surface area contributed by atoms with Gasteiger partial charge in [-0.2, -0.15) is 5.10 Å². The standard InChI is InChI=1S/C42H41FN8O9/c1-23(53)34-19-31(39(56)47-32-16-24(22-52)15-29(38(32)43)25-20-46-49(2)21-25)35-18-27(10-13-50(34)35)60-14-3-5-36(54)45-12-4-11-44-26-6-7-28-30(17-26)42(59)51(41(28)58)33-8-9-37(55)48-40(33)57/h6-7,10,13,15-21,33,44,52H,3-5,8-9,11-12,14,22H2,1-2H3,(H,45,54)(H,47,56)(H,48,55,57). The van der Waals surface area contributed by atoms with Gasteiger partial charge in [0.1, 0.15) is 11.8 Å². The third kappa shape index (κ3) is 8.49. The Morgan fingerprint density at radius 3 is 2.52 bits per heavy atom. The second kappa shape index (κ2) is 17.3. The average molecular weight is 821 g/mol. The predicted molar refractivity (Wildman–Crippen MR) is 214 cm³/mol. The van der Waals surface area contributed by atoms with Gasteiger partial charge in [0.15, 0.2) is 11.6 Å². The fraction of sp³-hybridized carbons (Fsp3) is 0.286. The number of carbonyl (C=O) groups is 7. The third-order valence-electron chi connectivity index (χ3n) is 10.2. The molecule has 2 aliphatic rings. The highest BCUT2D eigenvalue weighted by atomic mass is 19.1. The first-order valence-electron chi connectivity index (χ1n) is 19.2. The largest absolute Gasteiger partial charge is 0.493 e. The van der Waals surface area contributed by atoms with E-state index < -0.39 is 48.0 Å². The van der Waals surface area contributed by atoms with Gasteiger partial charge < -0.3 is 30.2 Å². The van der Waals surface area contributed by atoms with E-state index in [0.717, 1.165) is 4.90 Å². The summed E-state index contributed by atoms with van der Waals surface area (Å²) in [5.74, 6) is -3.81. The summed E-state index contributed by atoms with van der Waals surface area (Å²) in [5.41, 5.74) is 2.40. The molecule has 0 bridgehead atoms. The number of hydrogen-bond donors (Lipinski definition) is 5. The molecule has 0 radical (unpaired) electrons. The molecule has 5 N–H and O–H groups in total. The van der Waals surface area contributed by atoms with Crippen LogP contribution in [-0.4, -0.2) is 91.2 Å². The molecule has 17 nitrogen and oxygen atoms in total. The van der Waals surface area contributed by atoms with E-state index in [1.54, 1.807) is 43.7 Å². The molecule has 2 aromatic carbocycles. The van der Waals surface area contributed by atoms with Gasteiger partial charge >= 0.3 is 0 Å². The Morgan fingerprint density at radius 1 is 0.983 bits per heavy atom. The number of imide groups is 2. The maximum atomic E-state index is 15.7. The van der Waals surface area contributed by atoms with E-state index in [1.807, 2.05) is 0 Å². The summed E-state index contributed by atoms with van der Waals surface area (Å²) >= 11 is 0. The van der Waals surface area contributed by atoms with Crippen molar-refractivity contribution in [2.45, 2.75) is 51.7 Å². The van der Waals surface area contributed by atoms with Crippen molar-refractivity contribution in [2.24, 2.45) is 7.05 Å². The minimum absolute atomic E-state index is 0.0349. The van der Waals surface area contributed by atoms with Crippen LogP contribution in [0.2, 0.25) is 0 Å². The number of ether oxygens (including phenoxy) is 1. The van der Waals surface area contributed by atoms with Gasteiger partial charge in [0.2, 0.25) is 17.7 Å². The second-order valence-corrected chi connectivity index (χ2v) is 14.4. The minimum Gasteiger partial charge on any atom is -0.493 e. The number of aliphatic hydroxyl groups is 1. The van der Waals surface area contributed by atoms with Gasteiger partial charge in [-0.25, -0.2) is 4.39 Å². The SMILES string of the molecule is CC(=O)c1cc(C(=O)Nc2cc(CO)cc(-c3cnn(C)c3)c2F)c2cc(OCCCC(=O)NCCCNc3ccc4c(c3)C(=O)N(C3CCC(=O)NC3=O)C4=O)ccn12. The number of ketones is 1. The number of anilines is 2. The number of carbonyl (C=O) groups excluding carboxylic acids is 7. The number of aliphatic hydroxyl groups excluding tert-OH is 1. The van der Waals surface area contributed by atoms with Crippen LogP contribution in [0.25, 0.3) is 16.6 Å². The van der Waals surface area contributed by atoms with Gasteiger partial charge in [0.05, 0.1) is 53.0 Å². The number of piperidine rings is 1. The van der Waals surface area contributed by atoms with E-state index in [0.29, 0.717) is 54.0 Å². The van der Waals surface area contributed by atoms with Crippen molar-refractivity contribution in [3.63, 3.8) is 0 Å². The second-order valence-electron chi connectivity index (χ2n) is 14.4. The fourth-order valence-electron chi connectivity index (χ4n) is 7.19. The number of halogens is 1. The highest BCUT2D eigenvalue weighted by Crippen LogP contribution is 2.32. The van der Waals surface area contributed by atoms with Gasteiger partial charge in [-0.3, -0.25) is 48.5 Å². The number of rotatable bonds is 16. The average Bonchev–Trinajstić information content (AvgIpc) is 3.90. The normalized spacial score (nSPS) is 14.9. The van der Waals surface area contributed by atoms with Crippen molar-refractivity contribution in [1.29, 1.82) is 0 Å². The third-order valence-corrected chi connectivity index (χ3v) is 10.2. The zero-order chi connectivity index (χ0) is 42.7. The molecule has 3 aromatic heterocycles. The number of nitrogens with zero attached hydrogens (tertiary/aromatic N) is 4. The van der Waals surface area contributed by atoms with Gasteiger partial charge in [-0.15, -0.1) is 0 Å². The molecule has 6 amide bonds. The lowest BCUT2D eigenvalue weighted by molar-refractivity contribution is -0.136. The fourth-order valence-corrected chi connectivity index (χ4v) is 7.19. The van der Waals surface area contributed by atoms with E-state index in [2.05, 4.69) is 26.4 Å². The van der Waals surface area contributed by atoms with Crippen molar-refractivity contribution in [1.82, 2.24) is 29.7 Å². The van der Waals surface area contributed by atoms with Crippen molar-refractivity contribution < 1.29 is 47.8 Å². The van der Waals surface area contributed by atoms with Crippen molar-refractivity contribution >= 4 is 58.1 Å². The van der Waals surface area contributed by atoms with Crippen molar-refractivity contribution in [2.75, 3.05) is 30.3 Å². The van der Waals surface area contributed by atoms with Gasteiger partial charge in [0.25, 0.3) is 17.7 Å². The summed E-state index contributed by atoms with van der Waals surface area (Å²) < 4.78 is 24.7. The van der Waals surface area contributed by atoms with Crippen LogP contribution >= 0.6 is 0 Å². The lowest BCUT2D eigenvalue weighted by atomic mass is 10.0. The van der Waals surface area contributed by atoms with Crippen LogP contribution in [0.4, 0.5) is 15.8 Å². The molecule has 1 unspecified atom stereocenters. The Bertz CT molecular complexity index is 2580. The molecular formula is C42H41FN8O9. The molecule has 0 saturated carbocycles. The molecule has 2 aliphatic heterocycles. The molecule has 60 heavy (non-hydrogen) atoms. The summed E-state index contributed by atoms with van der Waals surface area (Å²) in [5, 5.41) is 24.7. The van der Waals surface area contributed by atoms with Gasteiger partial charge in [0, 0.05) is 75.2 Å². The number of pyridine rings is 1. The minimum atomic E-state index is -1.04. The highest BCUT2D eigenvalue weighted by molar-refractivity contribution is 6.23. The van der Waals surface area contributed by atoms with E-state index >= 15 is 4.39 Å². The summed E-state index contributed by atoms with van der Waals surface area (Å²) in [7, 11) is 1.68. The first-order valence-corrected chi connectivity index (χ1v) is 19.2. The van der Waals surface area contributed by atoms with Crippen molar-refractivity contribution in [3.05, 3.63) is 101 Å². The van der Waals surface area contributed by atoms with Crippen molar-refractivity contribution in [3.8, 4) is 16.9 Å². The number of benzene rings is 2. The van der Waals surface area contributed by atoms with E-state index in [4.69, 9.17) is 4.74 Å².